The highest BCUT2D eigenvalue weighted by molar-refractivity contribution is 5.82. The van der Waals surface area contributed by atoms with Gasteiger partial charge in [0.05, 0.1) is 11.5 Å². The molecule has 0 aliphatic heterocycles. The number of aromatic nitrogens is 2. The zero-order valence-corrected chi connectivity index (χ0v) is 10.3. The van der Waals surface area contributed by atoms with Gasteiger partial charge in [0.15, 0.2) is 0 Å². The molecule has 0 aromatic carbocycles. The van der Waals surface area contributed by atoms with Crippen LogP contribution in [0, 0.1) is 10.1 Å². The minimum Gasteiger partial charge on any atom is -0.367 e. The summed E-state index contributed by atoms with van der Waals surface area (Å²) >= 11 is 0. The molecule has 18 heavy (non-hydrogen) atoms. The van der Waals surface area contributed by atoms with E-state index in [4.69, 9.17) is 0 Å². The van der Waals surface area contributed by atoms with E-state index in [-0.39, 0.29) is 29.8 Å². The second kappa shape index (κ2) is 5.75. The maximum absolute atomic E-state index is 11.2. The normalized spacial score (nSPS) is 9.72. The fourth-order valence-electron chi connectivity index (χ4n) is 1.37. The number of hydrogen-bond donors (Lipinski definition) is 2. The molecule has 1 rings (SSSR count). The summed E-state index contributed by atoms with van der Waals surface area (Å²) in [5.74, 6) is -0.0758. The molecule has 0 fully saturated rings. The van der Waals surface area contributed by atoms with Gasteiger partial charge in [-0.15, -0.1) is 0 Å². The van der Waals surface area contributed by atoms with Crippen LogP contribution in [-0.2, 0) is 4.79 Å². The van der Waals surface area contributed by atoms with E-state index in [1.807, 2.05) is 0 Å². The summed E-state index contributed by atoms with van der Waals surface area (Å²) in [5.41, 5.74) is -0.258. The van der Waals surface area contributed by atoms with Crippen LogP contribution in [0.2, 0.25) is 0 Å². The van der Waals surface area contributed by atoms with E-state index >= 15 is 0 Å². The zero-order chi connectivity index (χ0) is 13.7. The molecular formula is C9H14N6O3. The van der Waals surface area contributed by atoms with Crippen molar-refractivity contribution < 1.29 is 9.72 Å². The minimum atomic E-state index is -0.582. The molecular weight excluding hydrogens is 240 g/mol. The summed E-state index contributed by atoms with van der Waals surface area (Å²) in [6.07, 6.45) is 1.20. The van der Waals surface area contributed by atoms with Gasteiger partial charge >= 0.3 is 5.69 Å². The van der Waals surface area contributed by atoms with Crippen LogP contribution < -0.4 is 15.5 Å². The van der Waals surface area contributed by atoms with Gasteiger partial charge in [0.25, 0.3) is 0 Å². The van der Waals surface area contributed by atoms with E-state index in [2.05, 4.69) is 20.6 Å². The first-order chi connectivity index (χ1) is 8.51. The lowest BCUT2D eigenvalue weighted by molar-refractivity contribution is -0.383. The molecule has 0 radical (unpaired) electrons. The number of likely N-dealkylation sites (N-methyl/N-ethyl adjacent to an activating group) is 2. The van der Waals surface area contributed by atoms with Crippen LogP contribution in [0.3, 0.4) is 0 Å². The molecule has 0 aliphatic carbocycles. The number of amides is 1. The molecule has 1 heterocycles. The van der Waals surface area contributed by atoms with E-state index in [9.17, 15) is 14.9 Å². The number of anilines is 2. The molecule has 1 amide bonds. The predicted octanol–water partition coefficient (Wildman–Crippen LogP) is -0.391. The van der Waals surface area contributed by atoms with Crippen LogP contribution in [0.5, 0.6) is 0 Å². The Bertz CT molecular complexity index is 464. The first-order valence-corrected chi connectivity index (χ1v) is 5.10. The molecule has 0 aliphatic rings. The van der Waals surface area contributed by atoms with Gasteiger partial charge in [-0.1, -0.05) is 0 Å². The Morgan fingerprint density at radius 3 is 2.67 bits per heavy atom. The number of rotatable bonds is 5. The molecule has 0 saturated carbocycles. The Morgan fingerprint density at radius 1 is 1.50 bits per heavy atom. The van der Waals surface area contributed by atoms with Crippen molar-refractivity contribution in [3.8, 4) is 0 Å². The Kier molecular flexibility index (Phi) is 4.35. The van der Waals surface area contributed by atoms with Crippen molar-refractivity contribution in [2.75, 3.05) is 37.9 Å². The van der Waals surface area contributed by atoms with Crippen LogP contribution in [0.25, 0.3) is 0 Å². The monoisotopic (exact) mass is 254 g/mol. The third kappa shape index (κ3) is 2.81. The van der Waals surface area contributed by atoms with E-state index in [0.717, 1.165) is 0 Å². The van der Waals surface area contributed by atoms with E-state index in [1.54, 1.807) is 7.05 Å². The van der Waals surface area contributed by atoms with Gasteiger partial charge in [-0.25, -0.2) is 9.97 Å². The molecule has 2 N–H and O–H groups in total. The molecule has 9 heteroatoms. The van der Waals surface area contributed by atoms with Crippen molar-refractivity contribution in [1.29, 1.82) is 0 Å². The van der Waals surface area contributed by atoms with Crippen LogP contribution >= 0.6 is 0 Å². The average molecular weight is 254 g/mol. The zero-order valence-electron chi connectivity index (χ0n) is 10.3. The second-order valence-electron chi connectivity index (χ2n) is 3.43. The molecule has 0 spiro atoms. The summed E-state index contributed by atoms with van der Waals surface area (Å²) in [7, 11) is 4.56. The average Bonchev–Trinajstić information content (AvgIpc) is 2.37. The van der Waals surface area contributed by atoms with Crippen LogP contribution in [0.15, 0.2) is 6.33 Å². The van der Waals surface area contributed by atoms with Gasteiger partial charge < -0.3 is 15.5 Å². The van der Waals surface area contributed by atoms with Crippen molar-refractivity contribution in [2.24, 2.45) is 0 Å². The first kappa shape index (κ1) is 13.6. The standard InChI is InChI=1S/C9H14N6O3/c1-10-6(16)4-14(3)9-7(15(17)18)8(11-2)12-5-13-9/h5H,4H2,1-3H3,(H,10,16)(H,11,12,13). The van der Waals surface area contributed by atoms with Gasteiger partial charge in [0.1, 0.15) is 6.33 Å². The summed E-state index contributed by atoms with van der Waals surface area (Å²) in [4.78, 5) is 30.7. The van der Waals surface area contributed by atoms with Gasteiger partial charge in [0.2, 0.25) is 17.5 Å². The summed E-state index contributed by atoms with van der Waals surface area (Å²) in [6, 6.07) is 0. The topological polar surface area (TPSA) is 113 Å². The summed E-state index contributed by atoms with van der Waals surface area (Å²) < 4.78 is 0. The molecule has 1 aromatic rings. The quantitative estimate of drug-likeness (QED) is 0.543. The Labute approximate surface area is 103 Å². The van der Waals surface area contributed by atoms with Gasteiger partial charge in [0, 0.05) is 21.1 Å². The van der Waals surface area contributed by atoms with Gasteiger partial charge in [-0.05, 0) is 0 Å². The van der Waals surface area contributed by atoms with Crippen molar-refractivity contribution >= 4 is 23.2 Å². The largest absolute Gasteiger partial charge is 0.367 e. The van der Waals surface area contributed by atoms with Crippen molar-refractivity contribution in [1.82, 2.24) is 15.3 Å². The Morgan fingerprint density at radius 2 is 2.17 bits per heavy atom. The molecule has 0 saturated heterocycles. The van der Waals surface area contributed by atoms with Crippen LogP contribution in [0.4, 0.5) is 17.3 Å². The van der Waals surface area contributed by atoms with Gasteiger partial charge in [-0.3, -0.25) is 14.9 Å². The highest BCUT2D eigenvalue weighted by Gasteiger charge is 2.25. The van der Waals surface area contributed by atoms with Crippen molar-refractivity contribution in [3.63, 3.8) is 0 Å². The second-order valence-corrected chi connectivity index (χ2v) is 3.43. The highest BCUT2D eigenvalue weighted by Crippen LogP contribution is 2.30. The summed E-state index contributed by atoms with van der Waals surface area (Å²) in [6.45, 7) is -0.0303. The van der Waals surface area contributed by atoms with E-state index in [0.29, 0.717) is 0 Å². The van der Waals surface area contributed by atoms with E-state index < -0.39 is 4.92 Å². The molecule has 0 unspecified atom stereocenters. The molecule has 98 valence electrons. The first-order valence-electron chi connectivity index (χ1n) is 5.10. The lowest BCUT2D eigenvalue weighted by Gasteiger charge is -2.17. The number of nitrogens with zero attached hydrogens (tertiary/aromatic N) is 4. The number of nitrogens with one attached hydrogen (secondary N) is 2. The Balaban J connectivity index is 3.15. The number of nitro groups is 1. The predicted molar refractivity (Wildman–Crippen MR) is 65.6 cm³/mol. The molecule has 9 nitrogen and oxygen atoms in total. The lowest BCUT2D eigenvalue weighted by Crippen LogP contribution is -2.33. The third-order valence-electron chi connectivity index (χ3n) is 2.24. The van der Waals surface area contributed by atoms with E-state index in [1.165, 1.54) is 25.3 Å². The molecule has 1 aromatic heterocycles. The third-order valence-corrected chi connectivity index (χ3v) is 2.24. The Hall–Kier alpha value is -2.45. The SMILES string of the molecule is CNC(=O)CN(C)c1ncnc(NC)c1[N+](=O)[O-]. The fraction of sp³-hybridized carbons (Fsp3) is 0.444. The van der Waals surface area contributed by atoms with Crippen LogP contribution in [-0.4, -0.2) is 48.5 Å². The number of carbonyl (C=O) groups excluding carboxylic acids is 1. The van der Waals surface area contributed by atoms with Crippen molar-refractivity contribution in [3.05, 3.63) is 16.4 Å². The van der Waals surface area contributed by atoms with Crippen molar-refractivity contribution in [2.45, 2.75) is 0 Å². The van der Waals surface area contributed by atoms with Crippen LogP contribution in [0.1, 0.15) is 0 Å². The minimum absolute atomic E-state index is 0.0303. The van der Waals surface area contributed by atoms with Gasteiger partial charge in [-0.2, -0.15) is 0 Å². The lowest BCUT2D eigenvalue weighted by atomic mass is 10.4. The maximum atomic E-state index is 11.2. The fourth-order valence-corrected chi connectivity index (χ4v) is 1.37. The smallest absolute Gasteiger partial charge is 0.353 e. The number of hydrogen-bond acceptors (Lipinski definition) is 7. The highest BCUT2D eigenvalue weighted by atomic mass is 16.6. The summed E-state index contributed by atoms with van der Waals surface area (Å²) in [5, 5.41) is 16.1. The molecule has 0 bridgehead atoms. The number of carbonyl (C=O) groups is 1. The molecule has 0 atom stereocenters. The maximum Gasteiger partial charge on any atom is 0.353 e.